The number of rotatable bonds is 3. The van der Waals surface area contributed by atoms with Crippen LogP contribution in [0, 0.1) is 17.8 Å². The minimum atomic E-state index is -0.139. The third-order valence-electron chi connectivity index (χ3n) is 2.92. The van der Waals surface area contributed by atoms with E-state index >= 15 is 0 Å². The molecule has 1 aromatic carbocycles. The first-order valence-electron chi connectivity index (χ1n) is 5.45. The van der Waals surface area contributed by atoms with E-state index in [2.05, 4.69) is 25.7 Å². The maximum atomic E-state index is 9.47. The molecule has 2 nitrogen and oxygen atoms in total. The molecule has 0 radical (unpaired) electrons. The van der Waals surface area contributed by atoms with E-state index in [9.17, 15) is 5.11 Å². The van der Waals surface area contributed by atoms with Gasteiger partial charge in [0.1, 0.15) is 5.75 Å². The Morgan fingerprint density at radius 2 is 2.00 bits per heavy atom. The Hall–Kier alpha value is -1.46. The smallest absolute Gasteiger partial charge is 0.121 e. The molecule has 2 N–H and O–H groups in total. The van der Waals surface area contributed by atoms with Crippen LogP contribution in [0.4, 0.5) is 0 Å². The summed E-state index contributed by atoms with van der Waals surface area (Å²) in [6, 6.07) is 5.35. The van der Waals surface area contributed by atoms with Crippen molar-refractivity contribution in [2.75, 3.05) is 0 Å². The van der Waals surface area contributed by atoms with Crippen molar-refractivity contribution in [3.05, 3.63) is 29.3 Å². The van der Waals surface area contributed by atoms with E-state index in [0.717, 1.165) is 5.56 Å². The average molecular weight is 218 g/mol. The minimum absolute atomic E-state index is 0.139. The zero-order valence-corrected chi connectivity index (χ0v) is 9.99. The van der Waals surface area contributed by atoms with Crippen LogP contribution in [0.25, 0.3) is 0 Å². The van der Waals surface area contributed by atoms with Crippen LogP contribution in [0.15, 0.2) is 18.2 Å². The number of aliphatic hydroxyl groups excluding tert-OH is 1. The van der Waals surface area contributed by atoms with Gasteiger partial charge < -0.3 is 10.2 Å². The van der Waals surface area contributed by atoms with Crippen LogP contribution in [0.5, 0.6) is 5.75 Å². The van der Waals surface area contributed by atoms with E-state index in [1.54, 1.807) is 6.07 Å². The summed E-state index contributed by atoms with van der Waals surface area (Å²) >= 11 is 0. The molecule has 2 heteroatoms. The van der Waals surface area contributed by atoms with Gasteiger partial charge >= 0.3 is 0 Å². The van der Waals surface area contributed by atoms with Gasteiger partial charge in [-0.05, 0) is 30.5 Å². The molecule has 0 heterocycles. The van der Waals surface area contributed by atoms with Crippen LogP contribution in [0.3, 0.4) is 0 Å². The Kier molecular flexibility index (Phi) is 4.39. The highest BCUT2D eigenvalue weighted by Gasteiger charge is 2.13. The third kappa shape index (κ3) is 2.77. The van der Waals surface area contributed by atoms with Crippen LogP contribution in [-0.2, 0) is 6.61 Å². The molecule has 0 aliphatic rings. The summed E-state index contributed by atoms with van der Waals surface area (Å²) in [6.07, 6.45) is 0. The number of hydrogen-bond acceptors (Lipinski definition) is 2. The molecule has 2 unspecified atom stereocenters. The lowest BCUT2D eigenvalue weighted by atomic mass is 9.88. The van der Waals surface area contributed by atoms with Crippen molar-refractivity contribution in [3.8, 4) is 17.6 Å². The summed E-state index contributed by atoms with van der Waals surface area (Å²) < 4.78 is 0. The van der Waals surface area contributed by atoms with Crippen LogP contribution in [0.2, 0.25) is 0 Å². The average Bonchev–Trinajstić information content (AvgIpc) is 2.29. The molecule has 16 heavy (non-hydrogen) atoms. The second-order valence-corrected chi connectivity index (χ2v) is 4.02. The molecule has 0 spiro atoms. The highest BCUT2D eigenvalue weighted by atomic mass is 16.3. The summed E-state index contributed by atoms with van der Waals surface area (Å²) in [7, 11) is 0. The SMILES string of the molecule is CC#CC(C)C(C)c1ccc(O)c(CO)c1. The van der Waals surface area contributed by atoms with E-state index < -0.39 is 0 Å². The predicted octanol–water partition coefficient (Wildman–Crippen LogP) is 2.65. The highest BCUT2D eigenvalue weighted by Crippen LogP contribution is 2.27. The highest BCUT2D eigenvalue weighted by molar-refractivity contribution is 5.37. The maximum absolute atomic E-state index is 9.47. The Morgan fingerprint density at radius 3 is 2.56 bits per heavy atom. The molecule has 1 aromatic rings. The molecule has 0 fully saturated rings. The zero-order valence-electron chi connectivity index (χ0n) is 9.99. The molecule has 2 atom stereocenters. The summed E-state index contributed by atoms with van der Waals surface area (Å²) in [5.41, 5.74) is 1.66. The van der Waals surface area contributed by atoms with Crippen LogP contribution in [0.1, 0.15) is 37.8 Å². The normalized spacial score (nSPS) is 13.8. The summed E-state index contributed by atoms with van der Waals surface area (Å²) in [5.74, 6) is 6.73. The zero-order chi connectivity index (χ0) is 12.1. The van der Waals surface area contributed by atoms with Crippen molar-refractivity contribution in [2.24, 2.45) is 5.92 Å². The lowest BCUT2D eigenvalue weighted by Gasteiger charge is -2.16. The van der Waals surface area contributed by atoms with Gasteiger partial charge in [0.15, 0.2) is 0 Å². The maximum Gasteiger partial charge on any atom is 0.121 e. The standard InChI is InChI=1S/C14H18O2/c1-4-5-10(2)11(3)12-6-7-14(16)13(8-12)9-15/h6-8,10-11,15-16H,9H2,1-3H3. The van der Waals surface area contributed by atoms with Crippen molar-refractivity contribution in [1.29, 1.82) is 0 Å². The molecule has 0 bridgehead atoms. The number of hydrogen-bond donors (Lipinski definition) is 2. The van der Waals surface area contributed by atoms with Gasteiger partial charge in [-0.25, -0.2) is 0 Å². The molecular weight excluding hydrogens is 200 g/mol. The lowest BCUT2D eigenvalue weighted by Crippen LogP contribution is -2.04. The summed E-state index contributed by atoms with van der Waals surface area (Å²) in [5, 5.41) is 18.5. The monoisotopic (exact) mass is 218 g/mol. The summed E-state index contributed by atoms with van der Waals surface area (Å²) in [6.45, 7) is 5.87. The van der Waals surface area contributed by atoms with Crippen LogP contribution >= 0.6 is 0 Å². The Bertz CT molecular complexity index is 412. The molecule has 0 aliphatic carbocycles. The molecule has 86 valence electrons. The number of phenols is 1. The Labute approximate surface area is 96.9 Å². The Balaban J connectivity index is 2.98. The van der Waals surface area contributed by atoms with Gasteiger partial charge in [0, 0.05) is 11.5 Å². The molecule has 0 saturated heterocycles. The first-order chi connectivity index (χ1) is 7.60. The molecular formula is C14H18O2. The second-order valence-electron chi connectivity index (χ2n) is 4.02. The largest absolute Gasteiger partial charge is 0.508 e. The predicted molar refractivity (Wildman–Crippen MR) is 65.1 cm³/mol. The number of benzene rings is 1. The fourth-order valence-corrected chi connectivity index (χ4v) is 1.66. The molecule has 0 saturated carbocycles. The van der Waals surface area contributed by atoms with E-state index in [1.165, 1.54) is 0 Å². The first-order valence-corrected chi connectivity index (χ1v) is 5.45. The van der Waals surface area contributed by atoms with Crippen molar-refractivity contribution in [2.45, 2.75) is 33.3 Å². The summed E-state index contributed by atoms with van der Waals surface area (Å²) in [4.78, 5) is 0. The van der Waals surface area contributed by atoms with E-state index in [1.807, 2.05) is 19.1 Å². The fraction of sp³-hybridized carbons (Fsp3) is 0.429. The molecule has 1 rings (SSSR count). The third-order valence-corrected chi connectivity index (χ3v) is 2.92. The minimum Gasteiger partial charge on any atom is -0.508 e. The lowest BCUT2D eigenvalue weighted by molar-refractivity contribution is 0.275. The van der Waals surface area contributed by atoms with Crippen LogP contribution in [-0.4, -0.2) is 10.2 Å². The Morgan fingerprint density at radius 1 is 1.31 bits per heavy atom. The van der Waals surface area contributed by atoms with Gasteiger partial charge in [-0.2, -0.15) is 0 Å². The van der Waals surface area contributed by atoms with Crippen LogP contribution < -0.4 is 0 Å². The van der Waals surface area contributed by atoms with E-state index in [0.29, 0.717) is 11.5 Å². The first kappa shape index (κ1) is 12.6. The van der Waals surface area contributed by atoms with Crippen molar-refractivity contribution >= 4 is 0 Å². The topological polar surface area (TPSA) is 40.5 Å². The van der Waals surface area contributed by atoms with Gasteiger partial charge in [0.25, 0.3) is 0 Å². The van der Waals surface area contributed by atoms with Gasteiger partial charge in [0.05, 0.1) is 6.61 Å². The van der Waals surface area contributed by atoms with Gasteiger partial charge in [-0.1, -0.05) is 25.8 Å². The molecule has 0 aromatic heterocycles. The van der Waals surface area contributed by atoms with Gasteiger partial charge in [-0.3, -0.25) is 0 Å². The number of aromatic hydroxyl groups is 1. The van der Waals surface area contributed by atoms with Gasteiger partial charge in [0.2, 0.25) is 0 Å². The molecule has 0 aliphatic heterocycles. The van der Waals surface area contributed by atoms with E-state index in [4.69, 9.17) is 5.11 Å². The quantitative estimate of drug-likeness (QED) is 0.766. The second kappa shape index (κ2) is 5.58. The molecule has 0 amide bonds. The fourth-order valence-electron chi connectivity index (χ4n) is 1.66. The van der Waals surface area contributed by atoms with Crippen molar-refractivity contribution in [1.82, 2.24) is 0 Å². The van der Waals surface area contributed by atoms with Gasteiger partial charge in [-0.15, -0.1) is 5.92 Å². The van der Waals surface area contributed by atoms with E-state index in [-0.39, 0.29) is 18.3 Å². The van der Waals surface area contributed by atoms with Crippen molar-refractivity contribution in [3.63, 3.8) is 0 Å². The van der Waals surface area contributed by atoms with Crippen molar-refractivity contribution < 1.29 is 10.2 Å². The number of aliphatic hydroxyl groups is 1.